The lowest BCUT2D eigenvalue weighted by atomic mass is 10.1. The number of nitrogens with two attached hydrogens (primary N) is 1. The minimum Gasteiger partial charge on any atom is -0.508 e. The number of rotatable bonds is 2. The van der Waals surface area contributed by atoms with Crippen molar-refractivity contribution in [1.82, 2.24) is 0 Å². The van der Waals surface area contributed by atoms with Gasteiger partial charge in [-0.05, 0) is 29.3 Å². The summed E-state index contributed by atoms with van der Waals surface area (Å²) in [5.74, 6) is 4.82. The lowest BCUT2D eigenvalue weighted by Gasteiger charge is -2.02. The Morgan fingerprint density at radius 2 is 2.13 bits per heavy atom. The molecule has 0 fully saturated rings. The van der Waals surface area contributed by atoms with E-state index in [4.69, 9.17) is 5.90 Å². The van der Waals surface area contributed by atoms with Crippen molar-refractivity contribution in [2.45, 2.75) is 4.90 Å². The first-order chi connectivity index (χ1) is 7.04. The second-order valence-corrected chi connectivity index (χ2v) is 4.95. The standard InChI is InChI=1S/C9H9NO4S/c10-14-4-6-5-15(12,13)9-3-7(11)1-2-8(6)9/h1-3,5,11H,4,10H2. The highest BCUT2D eigenvalue weighted by molar-refractivity contribution is 7.95. The van der Waals surface area contributed by atoms with Gasteiger partial charge in [0.2, 0.25) is 9.84 Å². The van der Waals surface area contributed by atoms with Crippen molar-refractivity contribution in [3.05, 3.63) is 29.2 Å². The maximum absolute atomic E-state index is 11.6. The van der Waals surface area contributed by atoms with E-state index < -0.39 is 9.84 Å². The first kappa shape index (κ1) is 10.2. The van der Waals surface area contributed by atoms with Crippen LogP contribution in [0.2, 0.25) is 0 Å². The van der Waals surface area contributed by atoms with Crippen molar-refractivity contribution in [3.63, 3.8) is 0 Å². The minimum atomic E-state index is -3.46. The number of hydrogen-bond donors (Lipinski definition) is 2. The highest BCUT2D eigenvalue weighted by Gasteiger charge is 2.27. The number of hydrogen-bond acceptors (Lipinski definition) is 5. The molecule has 0 spiro atoms. The summed E-state index contributed by atoms with van der Waals surface area (Å²) >= 11 is 0. The third-order valence-electron chi connectivity index (χ3n) is 2.15. The van der Waals surface area contributed by atoms with Gasteiger partial charge in [0.05, 0.1) is 11.5 Å². The average molecular weight is 227 g/mol. The molecule has 0 atom stereocenters. The van der Waals surface area contributed by atoms with Crippen LogP contribution >= 0.6 is 0 Å². The predicted octanol–water partition coefficient (Wildman–Crippen LogP) is 0.411. The SMILES string of the molecule is NOCC1=CS(=O)(=O)c2cc(O)ccc21. The molecule has 3 N–H and O–H groups in total. The van der Waals surface area contributed by atoms with Crippen molar-refractivity contribution in [1.29, 1.82) is 0 Å². The van der Waals surface area contributed by atoms with Crippen LogP contribution in [0.3, 0.4) is 0 Å². The van der Waals surface area contributed by atoms with Gasteiger partial charge in [-0.15, -0.1) is 0 Å². The molecule has 1 aliphatic rings. The molecule has 6 heteroatoms. The number of benzene rings is 1. The summed E-state index contributed by atoms with van der Waals surface area (Å²) in [5.41, 5.74) is 1.02. The Kier molecular flexibility index (Phi) is 2.26. The molecule has 0 aromatic heterocycles. The lowest BCUT2D eigenvalue weighted by Crippen LogP contribution is -2.01. The lowest BCUT2D eigenvalue weighted by molar-refractivity contribution is 0.173. The van der Waals surface area contributed by atoms with Crippen LogP contribution < -0.4 is 5.90 Å². The molecule has 1 aromatic rings. The predicted molar refractivity (Wildman–Crippen MR) is 53.4 cm³/mol. The highest BCUT2D eigenvalue weighted by atomic mass is 32.2. The van der Waals surface area contributed by atoms with E-state index in [1.165, 1.54) is 18.2 Å². The topological polar surface area (TPSA) is 89.6 Å². The smallest absolute Gasteiger partial charge is 0.200 e. The second-order valence-electron chi connectivity index (χ2n) is 3.18. The molecule has 0 saturated carbocycles. The van der Waals surface area contributed by atoms with Crippen molar-refractivity contribution in [3.8, 4) is 5.75 Å². The number of phenols is 1. The van der Waals surface area contributed by atoms with Crippen LogP contribution in [-0.4, -0.2) is 20.1 Å². The number of aromatic hydroxyl groups is 1. The van der Waals surface area contributed by atoms with Gasteiger partial charge < -0.3 is 5.11 Å². The van der Waals surface area contributed by atoms with Crippen LogP contribution in [0, 0.1) is 0 Å². The van der Waals surface area contributed by atoms with Crippen LogP contribution in [-0.2, 0) is 14.7 Å². The van der Waals surface area contributed by atoms with Crippen LogP contribution in [0.25, 0.3) is 5.57 Å². The third-order valence-corrected chi connectivity index (χ3v) is 3.70. The summed E-state index contributed by atoms with van der Waals surface area (Å²) in [6.07, 6.45) is 0. The molecular formula is C9H9NO4S. The van der Waals surface area contributed by atoms with E-state index in [-0.39, 0.29) is 17.3 Å². The molecular weight excluding hydrogens is 218 g/mol. The summed E-state index contributed by atoms with van der Waals surface area (Å²) < 4.78 is 23.2. The maximum Gasteiger partial charge on any atom is 0.200 e. The van der Waals surface area contributed by atoms with Crippen LogP contribution in [0.4, 0.5) is 0 Å². The molecule has 0 radical (unpaired) electrons. The van der Waals surface area contributed by atoms with Gasteiger partial charge in [0.25, 0.3) is 0 Å². The molecule has 1 heterocycles. The Hall–Kier alpha value is -1.37. The fraction of sp³-hybridized carbons (Fsp3) is 0.111. The summed E-state index contributed by atoms with van der Waals surface area (Å²) in [4.78, 5) is 4.50. The first-order valence-corrected chi connectivity index (χ1v) is 5.70. The molecule has 1 aromatic carbocycles. The van der Waals surface area contributed by atoms with E-state index in [9.17, 15) is 13.5 Å². The van der Waals surface area contributed by atoms with E-state index in [2.05, 4.69) is 4.84 Å². The number of fused-ring (bicyclic) bond motifs is 1. The highest BCUT2D eigenvalue weighted by Crippen LogP contribution is 2.35. The number of sulfone groups is 1. The fourth-order valence-electron chi connectivity index (χ4n) is 1.53. The molecule has 5 nitrogen and oxygen atoms in total. The molecule has 0 aliphatic carbocycles. The monoisotopic (exact) mass is 227 g/mol. The van der Waals surface area contributed by atoms with Gasteiger partial charge in [-0.25, -0.2) is 14.3 Å². The van der Waals surface area contributed by atoms with Gasteiger partial charge in [-0.3, -0.25) is 4.84 Å². The zero-order valence-electron chi connectivity index (χ0n) is 7.67. The van der Waals surface area contributed by atoms with E-state index in [0.29, 0.717) is 11.1 Å². The van der Waals surface area contributed by atoms with Crippen LogP contribution in [0.1, 0.15) is 5.56 Å². The molecule has 0 saturated heterocycles. The third kappa shape index (κ3) is 1.63. The average Bonchev–Trinajstić information content (AvgIpc) is 2.39. The Balaban J connectivity index is 2.62. The van der Waals surface area contributed by atoms with Crippen LogP contribution in [0.15, 0.2) is 28.5 Å². The normalized spacial score (nSPS) is 17.3. The van der Waals surface area contributed by atoms with Crippen molar-refractivity contribution < 1.29 is 18.4 Å². The maximum atomic E-state index is 11.6. The molecule has 0 unspecified atom stereocenters. The van der Waals surface area contributed by atoms with Crippen molar-refractivity contribution in [2.24, 2.45) is 5.90 Å². The van der Waals surface area contributed by atoms with Gasteiger partial charge in [-0.1, -0.05) is 0 Å². The zero-order chi connectivity index (χ0) is 11.1. The zero-order valence-corrected chi connectivity index (χ0v) is 8.49. The Morgan fingerprint density at radius 1 is 1.40 bits per heavy atom. The number of phenolic OH excluding ortho intramolecular Hbond substituents is 1. The Bertz CT molecular complexity index is 533. The molecule has 1 aliphatic heterocycles. The molecule has 2 rings (SSSR count). The summed E-state index contributed by atoms with van der Waals surface area (Å²) in [6, 6.07) is 4.16. The van der Waals surface area contributed by atoms with Gasteiger partial charge in [0.1, 0.15) is 5.75 Å². The van der Waals surface area contributed by atoms with Crippen molar-refractivity contribution >= 4 is 15.4 Å². The molecule has 0 bridgehead atoms. The second kappa shape index (κ2) is 3.34. The van der Waals surface area contributed by atoms with Gasteiger partial charge >= 0.3 is 0 Å². The van der Waals surface area contributed by atoms with E-state index in [0.717, 1.165) is 5.41 Å². The largest absolute Gasteiger partial charge is 0.508 e. The first-order valence-electron chi connectivity index (χ1n) is 4.15. The van der Waals surface area contributed by atoms with Crippen molar-refractivity contribution in [2.75, 3.05) is 6.61 Å². The molecule has 80 valence electrons. The quantitative estimate of drug-likeness (QED) is 0.714. The summed E-state index contributed by atoms with van der Waals surface area (Å²) in [6.45, 7) is 0.0248. The van der Waals surface area contributed by atoms with Gasteiger partial charge in [0, 0.05) is 5.41 Å². The minimum absolute atomic E-state index is 0.0248. The Morgan fingerprint density at radius 3 is 2.80 bits per heavy atom. The van der Waals surface area contributed by atoms with E-state index in [1.807, 2.05) is 0 Å². The molecule has 15 heavy (non-hydrogen) atoms. The summed E-state index contributed by atoms with van der Waals surface area (Å²) in [7, 11) is -3.46. The van der Waals surface area contributed by atoms with Gasteiger partial charge in [-0.2, -0.15) is 0 Å². The molecule has 0 amide bonds. The van der Waals surface area contributed by atoms with Gasteiger partial charge in [0.15, 0.2) is 0 Å². The Labute approximate surface area is 86.7 Å². The van der Waals surface area contributed by atoms with Crippen LogP contribution in [0.5, 0.6) is 5.75 Å². The van der Waals surface area contributed by atoms with E-state index >= 15 is 0 Å². The summed E-state index contributed by atoms with van der Waals surface area (Å²) in [5, 5.41) is 10.3. The fourth-order valence-corrected chi connectivity index (χ4v) is 3.01. The van der Waals surface area contributed by atoms with E-state index in [1.54, 1.807) is 0 Å².